The lowest BCUT2D eigenvalue weighted by Gasteiger charge is -2.07. The number of nitrogens with zero attached hydrogens (tertiary/aromatic N) is 1. The fourth-order valence-electron chi connectivity index (χ4n) is 2.47. The molecule has 0 spiro atoms. The lowest BCUT2D eigenvalue weighted by Crippen LogP contribution is -2.19. The van der Waals surface area contributed by atoms with Crippen molar-refractivity contribution in [3.8, 4) is 5.88 Å². The maximum atomic E-state index is 13.9. The van der Waals surface area contributed by atoms with Crippen LogP contribution >= 0.6 is 31.9 Å². The van der Waals surface area contributed by atoms with E-state index in [9.17, 15) is 19.1 Å². The molecular formula is C16H10Br2FN3O3. The third kappa shape index (κ3) is 3.12. The van der Waals surface area contributed by atoms with E-state index in [1.807, 2.05) is 0 Å². The minimum Gasteiger partial charge on any atom is -0.494 e. The normalized spacial score (nSPS) is 10.8. The molecule has 3 rings (SSSR count). The van der Waals surface area contributed by atoms with Crippen LogP contribution in [-0.2, 0) is 0 Å². The molecule has 1 aromatic heterocycles. The number of amides is 2. The van der Waals surface area contributed by atoms with Crippen molar-refractivity contribution in [1.29, 1.82) is 0 Å². The number of halogens is 3. The van der Waals surface area contributed by atoms with Crippen LogP contribution in [0.3, 0.4) is 0 Å². The molecule has 0 bridgehead atoms. The molecular weight excluding hydrogens is 461 g/mol. The fraction of sp³-hybridized carbons (Fsp3) is 0. The van der Waals surface area contributed by atoms with E-state index in [4.69, 9.17) is 5.73 Å². The highest BCUT2D eigenvalue weighted by molar-refractivity contribution is 9.10. The van der Waals surface area contributed by atoms with Crippen molar-refractivity contribution >= 4 is 60.4 Å². The summed E-state index contributed by atoms with van der Waals surface area (Å²) in [4.78, 5) is 24.2. The summed E-state index contributed by atoms with van der Waals surface area (Å²) >= 11 is 6.40. The van der Waals surface area contributed by atoms with Crippen LogP contribution in [0, 0.1) is 5.82 Å². The lowest BCUT2D eigenvalue weighted by molar-refractivity contribution is 0.102. The summed E-state index contributed by atoms with van der Waals surface area (Å²) in [5, 5.41) is 13.0. The first-order valence-corrected chi connectivity index (χ1v) is 8.47. The molecule has 0 aliphatic rings. The van der Waals surface area contributed by atoms with Crippen LogP contribution in [-0.4, -0.2) is 21.6 Å². The van der Waals surface area contributed by atoms with Gasteiger partial charge in [-0.15, -0.1) is 0 Å². The van der Waals surface area contributed by atoms with Gasteiger partial charge in [0, 0.05) is 14.3 Å². The fourth-order valence-corrected chi connectivity index (χ4v) is 3.17. The molecule has 0 aliphatic carbocycles. The molecule has 3 aromatic rings. The Kier molecular flexibility index (Phi) is 4.53. The molecule has 2 aromatic carbocycles. The Balaban J connectivity index is 2.14. The Morgan fingerprint density at radius 3 is 2.40 bits per heavy atom. The van der Waals surface area contributed by atoms with Gasteiger partial charge < -0.3 is 16.2 Å². The quantitative estimate of drug-likeness (QED) is 0.523. The SMILES string of the molecule is NC(=O)n1c(O)c(C(=O)Nc2ccc(Br)cc2F)c2cc(Br)ccc21. The summed E-state index contributed by atoms with van der Waals surface area (Å²) in [6.07, 6.45) is 0. The van der Waals surface area contributed by atoms with E-state index in [-0.39, 0.29) is 16.8 Å². The van der Waals surface area contributed by atoms with Gasteiger partial charge in [-0.25, -0.2) is 13.8 Å². The van der Waals surface area contributed by atoms with Gasteiger partial charge in [-0.2, -0.15) is 0 Å². The van der Waals surface area contributed by atoms with E-state index in [1.54, 1.807) is 18.2 Å². The first-order valence-electron chi connectivity index (χ1n) is 6.88. The molecule has 2 amide bonds. The van der Waals surface area contributed by atoms with Crippen molar-refractivity contribution in [2.45, 2.75) is 0 Å². The van der Waals surface area contributed by atoms with Gasteiger partial charge in [-0.3, -0.25) is 4.79 Å². The van der Waals surface area contributed by atoms with Gasteiger partial charge in [0.05, 0.1) is 11.2 Å². The van der Waals surface area contributed by atoms with Gasteiger partial charge in [0.2, 0.25) is 5.88 Å². The predicted octanol–water partition coefficient (Wildman–Crippen LogP) is 4.19. The van der Waals surface area contributed by atoms with Gasteiger partial charge in [0.25, 0.3) is 5.91 Å². The van der Waals surface area contributed by atoms with Crippen LogP contribution in [0.2, 0.25) is 0 Å². The van der Waals surface area contributed by atoms with Crippen LogP contribution in [0.15, 0.2) is 45.3 Å². The third-order valence-electron chi connectivity index (χ3n) is 3.53. The summed E-state index contributed by atoms with van der Waals surface area (Å²) in [6.45, 7) is 0. The molecule has 128 valence electrons. The summed E-state index contributed by atoms with van der Waals surface area (Å²) in [5.41, 5.74) is 5.29. The molecule has 6 nitrogen and oxygen atoms in total. The third-order valence-corrected chi connectivity index (χ3v) is 4.52. The second-order valence-electron chi connectivity index (χ2n) is 5.11. The molecule has 0 unspecified atom stereocenters. The first-order chi connectivity index (χ1) is 11.8. The van der Waals surface area contributed by atoms with Crippen LogP contribution in [0.4, 0.5) is 14.9 Å². The summed E-state index contributed by atoms with van der Waals surface area (Å²) in [5.74, 6) is -2.04. The zero-order valence-electron chi connectivity index (χ0n) is 12.4. The number of anilines is 1. The van der Waals surface area contributed by atoms with Gasteiger partial charge in [0.1, 0.15) is 11.4 Å². The second kappa shape index (κ2) is 6.49. The number of nitrogens with two attached hydrogens (primary N) is 1. The van der Waals surface area contributed by atoms with Crippen LogP contribution in [0.5, 0.6) is 5.88 Å². The highest BCUT2D eigenvalue weighted by atomic mass is 79.9. The molecule has 0 radical (unpaired) electrons. The van der Waals surface area contributed by atoms with Gasteiger partial charge >= 0.3 is 6.03 Å². The molecule has 0 aliphatic heterocycles. The van der Waals surface area contributed by atoms with Crippen molar-refractivity contribution in [1.82, 2.24) is 4.57 Å². The van der Waals surface area contributed by atoms with Gasteiger partial charge in [-0.05, 0) is 36.4 Å². The first kappa shape index (κ1) is 17.4. The van der Waals surface area contributed by atoms with Crippen molar-refractivity contribution in [2.75, 3.05) is 5.32 Å². The number of carbonyl (C=O) groups excluding carboxylic acids is 2. The summed E-state index contributed by atoms with van der Waals surface area (Å²) < 4.78 is 15.9. The lowest BCUT2D eigenvalue weighted by atomic mass is 10.1. The number of aromatic nitrogens is 1. The van der Waals surface area contributed by atoms with E-state index >= 15 is 0 Å². The Hall–Kier alpha value is -2.39. The second-order valence-corrected chi connectivity index (χ2v) is 6.94. The number of benzene rings is 2. The van der Waals surface area contributed by atoms with Crippen LogP contribution in [0.1, 0.15) is 10.4 Å². The van der Waals surface area contributed by atoms with Crippen molar-refractivity contribution in [2.24, 2.45) is 5.73 Å². The van der Waals surface area contributed by atoms with E-state index < -0.39 is 23.6 Å². The number of fused-ring (bicyclic) bond motifs is 1. The smallest absolute Gasteiger partial charge is 0.326 e. The topological polar surface area (TPSA) is 97.3 Å². The van der Waals surface area contributed by atoms with Crippen molar-refractivity contribution < 1.29 is 19.1 Å². The number of hydrogen-bond donors (Lipinski definition) is 3. The molecule has 0 saturated carbocycles. The standard InChI is InChI=1S/C16H10Br2FN3O3/c17-7-2-4-12-9(5-7)13(15(24)22(12)16(20)25)14(23)21-11-3-1-8(18)6-10(11)19/h1-6,24H,(H2,20,25)(H,21,23). The molecule has 1 heterocycles. The summed E-state index contributed by atoms with van der Waals surface area (Å²) in [6, 6.07) is 7.90. The Morgan fingerprint density at radius 1 is 1.12 bits per heavy atom. The monoisotopic (exact) mass is 469 g/mol. The average Bonchev–Trinajstić information content (AvgIpc) is 2.81. The predicted molar refractivity (Wildman–Crippen MR) is 98.3 cm³/mol. The number of aromatic hydroxyl groups is 1. The van der Waals surface area contributed by atoms with Crippen LogP contribution in [0.25, 0.3) is 10.9 Å². The summed E-state index contributed by atoms with van der Waals surface area (Å²) in [7, 11) is 0. The van der Waals surface area contributed by atoms with Gasteiger partial charge in [0.15, 0.2) is 0 Å². The number of carbonyl (C=O) groups is 2. The molecule has 0 atom stereocenters. The average molecular weight is 471 g/mol. The Morgan fingerprint density at radius 2 is 1.76 bits per heavy atom. The highest BCUT2D eigenvalue weighted by Crippen LogP contribution is 2.33. The van der Waals surface area contributed by atoms with E-state index in [0.29, 0.717) is 14.3 Å². The minimum absolute atomic E-state index is 0.0671. The van der Waals surface area contributed by atoms with E-state index in [0.717, 1.165) is 4.57 Å². The zero-order valence-corrected chi connectivity index (χ0v) is 15.6. The zero-order chi connectivity index (χ0) is 18.3. The van der Waals surface area contributed by atoms with Gasteiger partial charge in [-0.1, -0.05) is 31.9 Å². The van der Waals surface area contributed by atoms with Crippen LogP contribution < -0.4 is 11.1 Å². The molecule has 0 fully saturated rings. The van der Waals surface area contributed by atoms with E-state index in [1.165, 1.54) is 18.2 Å². The van der Waals surface area contributed by atoms with E-state index in [2.05, 4.69) is 37.2 Å². The Bertz CT molecular complexity index is 1030. The minimum atomic E-state index is -0.946. The number of rotatable bonds is 2. The van der Waals surface area contributed by atoms with Crippen molar-refractivity contribution in [3.05, 3.63) is 56.7 Å². The number of nitrogens with one attached hydrogen (secondary N) is 1. The molecule has 0 saturated heterocycles. The molecule has 25 heavy (non-hydrogen) atoms. The molecule has 4 N–H and O–H groups in total. The largest absolute Gasteiger partial charge is 0.494 e. The number of hydrogen-bond acceptors (Lipinski definition) is 3. The molecule has 9 heteroatoms. The Labute approximate surface area is 157 Å². The van der Waals surface area contributed by atoms with Crippen molar-refractivity contribution in [3.63, 3.8) is 0 Å². The number of primary amides is 1. The maximum absolute atomic E-state index is 13.9. The maximum Gasteiger partial charge on any atom is 0.326 e. The highest BCUT2D eigenvalue weighted by Gasteiger charge is 2.25.